The van der Waals surface area contributed by atoms with E-state index in [2.05, 4.69) is 15.9 Å². The van der Waals surface area contributed by atoms with Crippen molar-refractivity contribution in [2.75, 3.05) is 6.61 Å². The van der Waals surface area contributed by atoms with E-state index in [9.17, 15) is 14.9 Å². The molecular formula is C13H10BrNO5. The van der Waals surface area contributed by atoms with Crippen LogP contribution < -0.4 is 4.74 Å². The maximum Gasteiger partial charge on any atom is 0.433 e. The predicted molar refractivity (Wildman–Crippen MR) is 74.1 cm³/mol. The maximum atomic E-state index is 12.2. The highest BCUT2D eigenvalue weighted by molar-refractivity contribution is 9.10. The van der Waals surface area contributed by atoms with Crippen LogP contribution in [0.3, 0.4) is 0 Å². The van der Waals surface area contributed by atoms with E-state index in [-0.39, 0.29) is 5.76 Å². The first kappa shape index (κ1) is 14.3. The third-order valence-corrected chi connectivity index (χ3v) is 3.15. The van der Waals surface area contributed by atoms with E-state index >= 15 is 0 Å². The summed E-state index contributed by atoms with van der Waals surface area (Å²) in [6, 6.07) is 7.32. The monoisotopic (exact) mass is 339 g/mol. The molecule has 0 aliphatic rings. The van der Waals surface area contributed by atoms with Crippen molar-refractivity contribution in [1.29, 1.82) is 0 Å². The number of hydrogen-bond donors (Lipinski definition) is 0. The quantitative estimate of drug-likeness (QED) is 0.472. The SMILES string of the molecule is CCOc1ccc(C(=O)c2ccc([N+](=O)[O-])o2)c(Br)c1. The maximum absolute atomic E-state index is 12.2. The zero-order valence-electron chi connectivity index (χ0n) is 10.5. The number of halogens is 1. The van der Waals surface area contributed by atoms with Gasteiger partial charge in [-0.3, -0.25) is 14.9 Å². The van der Waals surface area contributed by atoms with Crippen molar-refractivity contribution in [3.63, 3.8) is 0 Å². The molecule has 2 rings (SSSR count). The van der Waals surface area contributed by atoms with Gasteiger partial charge in [-0.25, -0.2) is 0 Å². The lowest BCUT2D eigenvalue weighted by Crippen LogP contribution is -2.01. The standard InChI is InChI=1S/C13H10BrNO5/c1-2-19-8-3-4-9(10(14)7-8)13(16)11-5-6-12(20-11)15(17)18/h3-7H,2H2,1H3. The predicted octanol–water partition coefficient (Wildman–Crippen LogP) is 3.58. The lowest BCUT2D eigenvalue weighted by Gasteiger charge is -2.06. The Morgan fingerprint density at radius 2 is 2.15 bits per heavy atom. The van der Waals surface area contributed by atoms with Crippen molar-refractivity contribution >= 4 is 27.6 Å². The molecule has 0 unspecified atom stereocenters. The number of ether oxygens (including phenoxy) is 1. The Hall–Kier alpha value is -2.15. The van der Waals surface area contributed by atoms with Gasteiger partial charge in [-0.2, -0.15) is 0 Å². The fourth-order valence-corrected chi connectivity index (χ4v) is 2.15. The van der Waals surface area contributed by atoms with Gasteiger partial charge in [0, 0.05) is 10.0 Å². The molecule has 0 N–H and O–H groups in total. The molecule has 7 heteroatoms. The van der Waals surface area contributed by atoms with Crippen LogP contribution in [-0.2, 0) is 0 Å². The number of ketones is 1. The van der Waals surface area contributed by atoms with Crippen molar-refractivity contribution < 1.29 is 18.9 Å². The summed E-state index contributed by atoms with van der Waals surface area (Å²) >= 11 is 3.27. The lowest BCUT2D eigenvalue weighted by molar-refractivity contribution is -0.402. The number of furan rings is 1. The Morgan fingerprint density at radius 1 is 1.40 bits per heavy atom. The van der Waals surface area contributed by atoms with Crippen molar-refractivity contribution in [1.82, 2.24) is 0 Å². The first-order chi connectivity index (χ1) is 9.52. The molecule has 0 spiro atoms. The van der Waals surface area contributed by atoms with Crippen molar-refractivity contribution in [3.8, 4) is 5.75 Å². The van der Waals surface area contributed by atoms with Gasteiger partial charge in [-0.15, -0.1) is 0 Å². The van der Waals surface area contributed by atoms with Crippen LogP contribution in [0.1, 0.15) is 23.0 Å². The van der Waals surface area contributed by atoms with E-state index in [1.54, 1.807) is 18.2 Å². The topological polar surface area (TPSA) is 82.6 Å². The summed E-state index contributed by atoms with van der Waals surface area (Å²) in [7, 11) is 0. The van der Waals surface area contributed by atoms with Gasteiger partial charge in [0.05, 0.1) is 12.7 Å². The fraction of sp³-hybridized carbons (Fsp3) is 0.154. The average molecular weight is 340 g/mol. The van der Waals surface area contributed by atoms with E-state index in [0.29, 0.717) is 22.4 Å². The van der Waals surface area contributed by atoms with Gasteiger partial charge >= 0.3 is 5.88 Å². The van der Waals surface area contributed by atoms with Crippen LogP contribution in [-0.4, -0.2) is 17.3 Å². The van der Waals surface area contributed by atoms with Gasteiger partial charge in [-0.05, 0) is 47.1 Å². The lowest BCUT2D eigenvalue weighted by atomic mass is 10.1. The molecule has 0 fully saturated rings. The Labute approximate surface area is 122 Å². The largest absolute Gasteiger partial charge is 0.494 e. The van der Waals surface area contributed by atoms with E-state index < -0.39 is 16.6 Å². The zero-order chi connectivity index (χ0) is 14.7. The van der Waals surface area contributed by atoms with Gasteiger partial charge in [0.15, 0.2) is 5.76 Å². The molecule has 20 heavy (non-hydrogen) atoms. The minimum Gasteiger partial charge on any atom is -0.494 e. The van der Waals surface area contributed by atoms with Gasteiger partial charge in [-0.1, -0.05) is 0 Å². The van der Waals surface area contributed by atoms with Gasteiger partial charge in [0.1, 0.15) is 10.7 Å². The highest BCUT2D eigenvalue weighted by atomic mass is 79.9. The third-order valence-electron chi connectivity index (χ3n) is 2.49. The fourth-order valence-electron chi connectivity index (χ4n) is 1.62. The first-order valence-electron chi connectivity index (χ1n) is 5.74. The van der Waals surface area contributed by atoms with Crippen LogP contribution in [0.5, 0.6) is 5.75 Å². The Kier molecular flexibility index (Phi) is 4.19. The average Bonchev–Trinajstić information content (AvgIpc) is 2.88. The molecule has 1 aromatic carbocycles. The number of rotatable bonds is 5. The Morgan fingerprint density at radius 3 is 2.70 bits per heavy atom. The molecule has 0 radical (unpaired) electrons. The smallest absolute Gasteiger partial charge is 0.433 e. The first-order valence-corrected chi connectivity index (χ1v) is 6.53. The highest BCUT2D eigenvalue weighted by Crippen LogP contribution is 2.27. The van der Waals surface area contributed by atoms with Crippen LogP contribution in [0.25, 0.3) is 0 Å². The van der Waals surface area contributed by atoms with E-state index in [1.807, 2.05) is 6.92 Å². The molecule has 0 aliphatic carbocycles. The second kappa shape index (κ2) is 5.87. The second-order valence-electron chi connectivity index (χ2n) is 3.80. The summed E-state index contributed by atoms with van der Waals surface area (Å²) in [6.07, 6.45) is 0. The molecular weight excluding hydrogens is 330 g/mol. The molecule has 0 bridgehead atoms. The third kappa shape index (κ3) is 2.88. The van der Waals surface area contributed by atoms with Crippen molar-refractivity contribution in [2.24, 2.45) is 0 Å². The molecule has 1 aromatic heterocycles. The highest BCUT2D eigenvalue weighted by Gasteiger charge is 2.20. The summed E-state index contributed by atoms with van der Waals surface area (Å²) in [5, 5.41) is 10.5. The molecule has 0 amide bonds. The zero-order valence-corrected chi connectivity index (χ0v) is 12.0. The summed E-state index contributed by atoms with van der Waals surface area (Å²) in [4.78, 5) is 22.0. The number of nitrogens with zero attached hydrogens (tertiary/aromatic N) is 1. The number of benzene rings is 1. The van der Waals surface area contributed by atoms with Crippen LogP contribution in [0.4, 0.5) is 5.88 Å². The number of carbonyl (C=O) groups is 1. The summed E-state index contributed by atoms with van der Waals surface area (Å²) in [5.74, 6) is -0.355. The van der Waals surface area contributed by atoms with E-state index in [4.69, 9.17) is 9.15 Å². The normalized spacial score (nSPS) is 10.3. The van der Waals surface area contributed by atoms with Crippen LogP contribution in [0.2, 0.25) is 0 Å². The molecule has 0 saturated carbocycles. The number of nitro groups is 1. The van der Waals surface area contributed by atoms with Gasteiger partial charge < -0.3 is 9.15 Å². The summed E-state index contributed by atoms with van der Waals surface area (Å²) in [5.41, 5.74) is 0.345. The van der Waals surface area contributed by atoms with Gasteiger partial charge in [0.2, 0.25) is 5.78 Å². The van der Waals surface area contributed by atoms with Crippen LogP contribution >= 0.6 is 15.9 Å². The Balaban J connectivity index is 2.30. The van der Waals surface area contributed by atoms with Crippen molar-refractivity contribution in [2.45, 2.75) is 6.92 Å². The molecule has 0 aliphatic heterocycles. The minimum absolute atomic E-state index is 0.0819. The molecule has 6 nitrogen and oxygen atoms in total. The number of carbonyl (C=O) groups excluding carboxylic acids is 1. The molecule has 2 aromatic rings. The van der Waals surface area contributed by atoms with E-state index in [1.165, 1.54) is 6.07 Å². The molecule has 0 atom stereocenters. The minimum atomic E-state index is -0.690. The second-order valence-corrected chi connectivity index (χ2v) is 4.65. The summed E-state index contributed by atoms with van der Waals surface area (Å²) < 4.78 is 10.7. The van der Waals surface area contributed by atoms with Crippen molar-refractivity contribution in [3.05, 3.63) is 56.2 Å². The molecule has 1 heterocycles. The Bertz CT molecular complexity index is 665. The summed E-state index contributed by atoms with van der Waals surface area (Å²) in [6.45, 7) is 2.37. The number of hydrogen-bond acceptors (Lipinski definition) is 5. The molecule has 104 valence electrons. The van der Waals surface area contributed by atoms with Crippen LogP contribution in [0.15, 0.2) is 39.2 Å². The molecule has 0 saturated heterocycles. The van der Waals surface area contributed by atoms with Gasteiger partial charge in [0.25, 0.3) is 0 Å². The van der Waals surface area contributed by atoms with E-state index in [0.717, 1.165) is 6.07 Å². The van der Waals surface area contributed by atoms with Crippen LogP contribution in [0, 0.1) is 10.1 Å².